The fourth-order valence-corrected chi connectivity index (χ4v) is 2.37. The van der Waals surface area contributed by atoms with Crippen LogP contribution in [0.1, 0.15) is 13.2 Å². The summed E-state index contributed by atoms with van der Waals surface area (Å²) >= 11 is 0. The molecule has 3 rings (SSSR count). The van der Waals surface area contributed by atoms with E-state index in [9.17, 15) is 15.3 Å². The highest BCUT2D eigenvalue weighted by atomic mass is 16.6. The number of aliphatic hydroxyl groups excluding tert-OH is 3. The molecule has 0 spiro atoms. The molecule has 0 saturated carbocycles. The first-order chi connectivity index (χ1) is 9.50. The van der Waals surface area contributed by atoms with Gasteiger partial charge in [0.25, 0.3) is 0 Å². The zero-order valence-electron chi connectivity index (χ0n) is 10.7. The highest BCUT2D eigenvalue weighted by Gasteiger charge is 2.46. The molecule has 2 aromatic rings. The number of nitrogen functional groups attached to an aromatic ring is 1. The Morgan fingerprint density at radius 2 is 2.05 bits per heavy atom. The third-order valence-electron chi connectivity index (χ3n) is 3.41. The van der Waals surface area contributed by atoms with E-state index in [1.54, 1.807) is 0 Å². The van der Waals surface area contributed by atoms with Crippen LogP contribution in [0, 0.1) is 0 Å². The fraction of sp³-hybridized carbons (Fsp3) is 0.545. The molecule has 1 saturated heterocycles. The molecule has 20 heavy (non-hydrogen) atoms. The Hall–Kier alpha value is -1.81. The fourth-order valence-electron chi connectivity index (χ4n) is 2.37. The van der Waals surface area contributed by atoms with Gasteiger partial charge in [-0.1, -0.05) is 0 Å². The van der Waals surface area contributed by atoms with E-state index in [1.807, 2.05) is 0 Å². The van der Waals surface area contributed by atoms with Gasteiger partial charge in [0.2, 0.25) is 0 Å². The molecular formula is C11H15N5O4. The molecule has 0 radical (unpaired) electrons. The second kappa shape index (κ2) is 4.63. The summed E-state index contributed by atoms with van der Waals surface area (Å²) in [5.41, 5.74) is 6.46. The zero-order chi connectivity index (χ0) is 14.4. The minimum Gasteiger partial charge on any atom is -0.391 e. The summed E-state index contributed by atoms with van der Waals surface area (Å²) in [5, 5.41) is 29.5. The van der Waals surface area contributed by atoms with Gasteiger partial charge >= 0.3 is 0 Å². The Labute approximate surface area is 113 Å². The van der Waals surface area contributed by atoms with Crippen molar-refractivity contribution >= 4 is 17.0 Å². The zero-order valence-corrected chi connectivity index (χ0v) is 10.7. The van der Waals surface area contributed by atoms with Crippen LogP contribution in [-0.4, -0.2) is 59.3 Å². The molecule has 5 atom stereocenters. The van der Waals surface area contributed by atoms with E-state index in [0.717, 1.165) is 0 Å². The molecule has 9 nitrogen and oxygen atoms in total. The van der Waals surface area contributed by atoms with Crippen LogP contribution in [0.4, 0.5) is 5.82 Å². The van der Waals surface area contributed by atoms with Gasteiger partial charge in [-0.15, -0.1) is 0 Å². The van der Waals surface area contributed by atoms with Crippen molar-refractivity contribution in [3.63, 3.8) is 0 Å². The number of aromatic nitrogens is 4. The van der Waals surface area contributed by atoms with Crippen LogP contribution in [0.25, 0.3) is 11.2 Å². The van der Waals surface area contributed by atoms with Gasteiger partial charge in [-0.25, -0.2) is 15.0 Å². The summed E-state index contributed by atoms with van der Waals surface area (Å²) in [6.07, 6.45) is -2.42. The van der Waals surface area contributed by atoms with Gasteiger partial charge < -0.3 is 25.8 Å². The molecule has 1 aliphatic heterocycles. The van der Waals surface area contributed by atoms with Crippen molar-refractivity contribution in [2.75, 3.05) is 5.73 Å². The maximum absolute atomic E-state index is 10.1. The topological polar surface area (TPSA) is 140 Å². The summed E-state index contributed by atoms with van der Waals surface area (Å²) in [7, 11) is 0. The Balaban J connectivity index is 2.02. The minimum absolute atomic E-state index is 0.217. The summed E-state index contributed by atoms with van der Waals surface area (Å²) in [6.45, 7) is 1.48. The quantitative estimate of drug-likeness (QED) is 0.516. The largest absolute Gasteiger partial charge is 0.391 e. The number of fused-ring (bicyclic) bond motifs is 1. The Morgan fingerprint density at radius 1 is 1.30 bits per heavy atom. The van der Waals surface area contributed by atoms with Crippen LogP contribution in [0.15, 0.2) is 12.7 Å². The third-order valence-corrected chi connectivity index (χ3v) is 3.41. The lowest BCUT2D eigenvalue weighted by molar-refractivity contribution is -0.0777. The molecule has 3 heterocycles. The third kappa shape index (κ3) is 1.83. The van der Waals surface area contributed by atoms with Crippen LogP contribution in [0.2, 0.25) is 0 Å². The summed E-state index contributed by atoms with van der Waals surface area (Å²) in [4.78, 5) is 11.9. The van der Waals surface area contributed by atoms with Crippen LogP contribution in [0.5, 0.6) is 0 Å². The van der Waals surface area contributed by atoms with Crippen molar-refractivity contribution in [2.24, 2.45) is 0 Å². The Kier molecular flexibility index (Phi) is 3.05. The van der Waals surface area contributed by atoms with Crippen LogP contribution < -0.4 is 5.73 Å². The predicted molar refractivity (Wildman–Crippen MR) is 67.3 cm³/mol. The lowest BCUT2D eigenvalue weighted by atomic mass is 10.1. The van der Waals surface area contributed by atoms with Gasteiger partial charge in [0.15, 0.2) is 17.7 Å². The number of imidazole rings is 1. The van der Waals surface area contributed by atoms with Crippen molar-refractivity contribution in [2.45, 2.75) is 37.6 Å². The highest BCUT2D eigenvalue weighted by molar-refractivity contribution is 5.81. The number of nitrogens with two attached hydrogens (primary N) is 1. The van der Waals surface area contributed by atoms with Crippen molar-refractivity contribution in [3.8, 4) is 0 Å². The van der Waals surface area contributed by atoms with Crippen LogP contribution in [-0.2, 0) is 4.74 Å². The van der Waals surface area contributed by atoms with Crippen molar-refractivity contribution < 1.29 is 20.1 Å². The van der Waals surface area contributed by atoms with E-state index < -0.39 is 30.6 Å². The Bertz CT molecular complexity index is 630. The average molecular weight is 281 g/mol. The monoisotopic (exact) mass is 281 g/mol. The van der Waals surface area contributed by atoms with Crippen LogP contribution >= 0.6 is 0 Å². The average Bonchev–Trinajstić information content (AvgIpc) is 2.94. The molecule has 2 aromatic heterocycles. The number of anilines is 1. The number of aliphatic hydroxyl groups is 3. The molecule has 0 amide bonds. The maximum atomic E-state index is 10.1. The molecule has 1 fully saturated rings. The van der Waals surface area contributed by atoms with Crippen LogP contribution in [0.3, 0.4) is 0 Å². The summed E-state index contributed by atoms with van der Waals surface area (Å²) in [6, 6.07) is 0. The highest BCUT2D eigenvalue weighted by Crippen LogP contribution is 2.33. The van der Waals surface area contributed by atoms with E-state index >= 15 is 0 Å². The lowest BCUT2D eigenvalue weighted by Crippen LogP contribution is -2.37. The summed E-state index contributed by atoms with van der Waals surface area (Å²) in [5.74, 6) is 0.217. The van der Waals surface area contributed by atoms with E-state index in [4.69, 9.17) is 10.5 Å². The SMILES string of the molecule is C[C@H](O)[C@H]1O[C@@H](n2cnc3c(N)ncnc32)[C@@H](O)C1O. The van der Waals surface area contributed by atoms with Gasteiger partial charge in [-0.05, 0) is 6.92 Å². The molecular weight excluding hydrogens is 266 g/mol. The molecule has 9 heteroatoms. The standard InChI is InChI=1S/C11H15N5O4/c1-4(17)8-6(18)7(19)11(20-8)16-3-15-5-9(12)13-2-14-10(5)16/h2-4,6-8,11,17-19H,1H3,(H2,12,13,14)/t4-,6?,7-,8+,11+/m0/s1. The van der Waals surface area contributed by atoms with Gasteiger partial charge in [0.1, 0.15) is 30.2 Å². The van der Waals surface area contributed by atoms with Crippen molar-refractivity contribution in [3.05, 3.63) is 12.7 Å². The second-order valence-electron chi connectivity index (χ2n) is 4.80. The molecule has 5 N–H and O–H groups in total. The van der Waals surface area contributed by atoms with Gasteiger partial charge in [0.05, 0.1) is 12.4 Å². The molecule has 0 aromatic carbocycles. The Morgan fingerprint density at radius 3 is 2.70 bits per heavy atom. The lowest BCUT2D eigenvalue weighted by Gasteiger charge is -2.17. The number of hydrogen-bond donors (Lipinski definition) is 4. The van der Waals surface area contributed by atoms with Crippen molar-refractivity contribution in [1.29, 1.82) is 0 Å². The normalized spacial score (nSPS) is 31.8. The first kappa shape index (κ1) is 13.2. The maximum Gasteiger partial charge on any atom is 0.167 e. The van der Waals surface area contributed by atoms with Gasteiger partial charge in [-0.2, -0.15) is 0 Å². The summed E-state index contributed by atoms with van der Waals surface area (Å²) < 4.78 is 6.97. The second-order valence-corrected chi connectivity index (χ2v) is 4.80. The first-order valence-corrected chi connectivity index (χ1v) is 6.13. The minimum atomic E-state index is -1.21. The van der Waals surface area contributed by atoms with Gasteiger partial charge in [0, 0.05) is 0 Å². The number of nitrogens with zero attached hydrogens (tertiary/aromatic N) is 4. The van der Waals surface area contributed by atoms with Gasteiger partial charge in [-0.3, -0.25) is 4.57 Å². The van der Waals surface area contributed by atoms with E-state index in [1.165, 1.54) is 24.1 Å². The van der Waals surface area contributed by atoms with E-state index in [0.29, 0.717) is 11.2 Å². The molecule has 1 aliphatic rings. The molecule has 0 aliphatic carbocycles. The predicted octanol–water partition coefficient (Wildman–Crippen LogP) is -1.59. The molecule has 1 unspecified atom stereocenters. The van der Waals surface area contributed by atoms with Crippen molar-refractivity contribution in [1.82, 2.24) is 19.5 Å². The first-order valence-electron chi connectivity index (χ1n) is 6.13. The van der Waals surface area contributed by atoms with E-state index in [2.05, 4.69) is 15.0 Å². The smallest absolute Gasteiger partial charge is 0.167 e. The molecule has 0 bridgehead atoms. The van der Waals surface area contributed by atoms with E-state index in [-0.39, 0.29) is 5.82 Å². The number of ether oxygens (including phenoxy) is 1. The molecule has 108 valence electrons. The number of hydrogen-bond acceptors (Lipinski definition) is 8. The number of rotatable bonds is 2.